The molecule has 1 aromatic heterocycles. The summed E-state index contributed by atoms with van der Waals surface area (Å²) in [4.78, 5) is -1.14. The molecule has 3 aromatic rings. The number of nitrogens with zero attached hydrogens (tertiary/aromatic N) is 2. The van der Waals surface area contributed by atoms with Gasteiger partial charge in [0.25, 0.3) is 0 Å². The summed E-state index contributed by atoms with van der Waals surface area (Å²) < 4.78 is 92.0. The lowest BCUT2D eigenvalue weighted by atomic mass is 10.1. The molecule has 148 valence electrons. The van der Waals surface area contributed by atoms with Crippen LogP contribution < -0.4 is 0 Å². The zero-order chi connectivity index (χ0) is 20.9. The summed E-state index contributed by atoms with van der Waals surface area (Å²) in [5.74, 6) is -2.80. The fourth-order valence-corrected chi connectivity index (χ4v) is 3.57. The first-order valence-electron chi connectivity index (χ1n) is 7.81. The number of hydrogen-bond donors (Lipinski definition) is 0. The smallest absolute Gasteiger partial charge is 0.232 e. The van der Waals surface area contributed by atoms with E-state index in [1.807, 2.05) is 0 Å². The second-order valence-electron chi connectivity index (χ2n) is 6.20. The Morgan fingerprint density at radius 1 is 1.00 bits per heavy atom. The van der Waals surface area contributed by atoms with Crippen LogP contribution in [0, 0.1) is 18.6 Å². The van der Waals surface area contributed by atoms with Crippen molar-refractivity contribution in [3.05, 3.63) is 65.4 Å². The van der Waals surface area contributed by atoms with Crippen molar-refractivity contribution in [2.24, 2.45) is 0 Å². The molecule has 0 radical (unpaired) electrons. The van der Waals surface area contributed by atoms with Gasteiger partial charge in [0.1, 0.15) is 16.5 Å². The van der Waals surface area contributed by atoms with Crippen LogP contribution >= 0.6 is 0 Å². The molecule has 4 nitrogen and oxygen atoms in total. The molecule has 1 heterocycles. The summed E-state index contributed by atoms with van der Waals surface area (Å²) in [6, 6.07) is 8.34. The number of sulfone groups is 1. The Morgan fingerprint density at radius 2 is 1.61 bits per heavy atom. The number of aromatic nitrogens is 2. The maximum absolute atomic E-state index is 14.3. The van der Waals surface area contributed by atoms with Gasteiger partial charge in [0.2, 0.25) is 0 Å². The van der Waals surface area contributed by atoms with Crippen molar-refractivity contribution in [1.29, 1.82) is 0 Å². The predicted molar refractivity (Wildman–Crippen MR) is 91.8 cm³/mol. The van der Waals surface area contributed by atoms with E-state index in [9.17, 15) is 30.4 Å². The largest absolute Gasteiger partial charge is 0.435 e. The van der Waals surface area contributed by atoms with Crippen molar-refractivity contribution < 1.29 is 30.4 Å². The SMILES string of the molecule is Cc1cccc(-n2nc(C(F)(F)F)cc2-c2cc(F)c(S(C)(=O)=O)c(F)c2)c1. The summed E-state index contributed by atoms with van der Waals surface area (Å²) in [7, 11) is -4.20. The lowest BCUT2D eigenvalue weighted by Crippen LogP contribution is -2.08. The van der Waals surface area contributed by atoms with Crippen LogP contribution in [0.15, 0.2) is 47.4 Å². The van der Waals surface area contributed by atoms with Crippen molar-refractivity contribution in [3.8, 4) is 16.9 Å². The van der Waals surface area contributed by atoms with Gasteiger partial charge in [0.05, 0.1) is 11.4 Å². The average molecular weight is 416 g/mol. The van der Waals surface area contributed by atoms with Crippen LogP contribution in [-0.4, -0.2) is 24.5 Å². The van der Waals surface area contributed by atoms with Gasteiger partial charge in [0.15, 0.2) is 15.5 Å². The number of hydrogen-bond acceptors (Lipinski definition) is 3. The molecule has 2 aromatic carbocycles. The highest BCUT2D eigenvalue weighted by Gasteiger charge is 2.35. The lowest BCUT2D eigenvalue weighted by Gasteiger charge is -2.10. The van der Waals surface area contributed by atoms with E-state index in [0.717, 1.165) is 10.2 Å². The third kappa shape index (κ3) is 3.77. The molecule has 0 saturated carbocycles. The van der Waals surface area contributed by atoms with Gasteiger partial charge in [-0.2, -0.15) is 18.3 Å². The minimum atomic E-state index is -4.78. The fraction of sp³-hybridized carbons (Fsp3) is 0.167. The van der Waals surface area contributed by atoms with Gasteiger partial charge in [-0.3, -0.25) is 0 Å². The molecule has 10 heteroatoms. The Labute approximate surface area is 157 Å². The summed E-state index contributed by atoms with van der Waals surface area (Å²) >= 11 is 0. The van der Waals surface area contributed by atoms with Crippen molar-refractivity contribution in [2.75, 3.05) is 6.26 Å². The summed E-state index contributed by atoms with van der Waals surface area (Å²) in [5.41, 5.74) is -0.796. The normalized spacial score (nSPS) is 12.4. The zero-order valence-corrected chi connectivity index (χ0v) is 15.4. The first-order chi connectivity index (χ1) is 12.9. The third-order valence-electron chi connectivity index (χ3n) is 3.91. The van der Waals surface area contributed by atoms with E-state index in [1.54, 1.807) is 25.1 Å². The van der Waals surface area contributed by atoms with Gasteiger partial charge in [0, 0.05) is 11.8 Å². The van der Waals surface area contributed by atoms with E-state index < -0.39 is 38.2 Å². The van der Waals surface area contributed by atoms with Crippen molar-refractivity contribution >= 4 is 9.84 Å². The minimum Gasteiger partial charge on any atom is -0.232 e. The van der Waals surface area contributed by atoms with Crippen LogP contribution in [0.1, 0.15) is 11.3 Å². The minimum absolute atomic E-state index is 0.240. The molecule has 0 aliphatic heterocycles. The fourth-order valence-electron chi connectivity index (χ4n) is 2.74. The van der Waals surface area contributed by atoms with Gasteiger partial charge in [-0.05, 0) is 42.8 Å². The highest BCUT2D eigenvalue weighted by molar-refractivity contribution is 7.90. The first kappa shape index (κ1) is 20.0. The molecule has 0 aliphatic carbocycles. The number of benzene rings is 2. The zero-order valence-electron chi connectivity index (χ0n) is 14.6. The predicted octanol–water partition coefficient (Wildman–Crippen LogP) is 4.55. The molecule has 0 N–H and O–H groups in total. The van der Waals surface area contributed by atoms with Crippen LogP contribution in [0.4, 0.5) is 22.0 Å². The quantitative estimate of drug-likeness (QED) is 0.589. The van der Waals surface area contributed by atoms with E-state index in [0.29, 0.717) is 24.5 Å². The Kier molecular flexibility index (Phi) is 4.78. The molecule has 0 saturated heterocycles. The molecule has 0 atom stereocenters. The van der Waals surface area contributed by atoms with Crippen molar-refractivity contribution in [3.63, 3.8) is 0 Å². The van der Waals surface area contributed by atoms with E-state index >= 15 is 0 Å². The maximum atomic E-state index is 14.3. The number of halogens is 5. The van der Waals surface area contributed by atoms with Crippen molar-refractivity contribution in [2.45, 2.75) is 18.0 Å². The monoisotopic (exact) mass is 416 g/mol. The Bertz CT molecular complexity index is 1140. The summed E-state index contributed by atoms with van der Waals surface area (Å²) in [6.45, 7) is 1.72. The second kappa shape index (κ2) is 6.69. The van der Waals surface area contributed by atoms with Gasteiger partial charge >= 0.3 is 6.18 Å². The standard InChI is InChI=1S/C18H13F5N2O2S/c1-10-4-3-5-12(6-10)25-15(9-16(24-25)18(21,22)23)11-7-13(19)17(14(20)8-11)28(2,26)27/h3-9H,1-2H3. The molecule has 3 rings (SSSR count). The number of aryl methyl sites for hydroxylation is 1. The van der Waals surface area contributed by atoms with Crippen LogP contribution in [0.2, 0.25) is 0 Å². The third-order valence-corrected chi connectivity index (χ3v) is 5.04. The highest BCUT2D eigenvalue weighted by atomic mass is 32.2. The topological polar surface area (TPSA) is 52.0 Å². The molecule has 0 unspecified atom stereocenters. The molecular weight excluding hydrogens is 403 g/mol. The van der Waals surface area contributed by atoms with Crippen LogP contribution in [-0.2, 0) is 16.0 Å². The van der Waals surface area contributed by atoms with E-state index in [2.05, 4.69) is 5.10 Å². The molecule has 0 bridgehead atoms. The average Bonchev–Trinajstić information content (AvgIpc) is 2.98. The Morgan fingerprint density at radius 3 is 2.11 bits per heavy atom. The number of alkyl halides is 3. The molecular formula is C18H13F5N2O2S. The second-order valence-corrected chi connectivity index (χ2v) is 8.16. The van der Waals surface area contributed by atoms with E-state index in [-0.39, 0.29) is 16.9 Å². The summed E-state index contributed by atoms with van der Waals surface area (Å²) in [6.07, 6.45) is -4.15. The molecule has 0 spiro atoms. The Hall–Kier alpha value is -2.75. The maximum Gasteiger partial charge on any atom is 0.435 e. The van der Waals surface area contributed by atoms with Crippen LogP contribution in [0.3, 0.4) is 0 Å². The van der Waals surface area contributed by atoms with Crippen LogP contribution in [0.25, 0.3) is 16.9 Å². The molecule has 0 amide bonds. The molecule has 28 heavy (non-hydrogen) atoms. The number of rotatable bonds is 3. The van der Waals surface area contributed by atoms with Gasteiger partial charge in [-0.25, -0.2) is 21.9 Å². The van der Waals surface area contributed by atoms with Gasteiger partial charge in [-0.1, -0.05) is 12.1 Å². The van der Waals surface area contributed by atoms with Gasteiger partial charge in [-0.15, -0.1) is 0 Å². The summed E-state index contributed by atoms with van der Waals surface area (Å²) in [5, 5.41) is 3.53. The Balaban J connectivity index is 2.29. The highest BCUT2D eigenvalue weighted by Crippen LogP contribution is 2.34. The molecule has 0 fully saturated rings. The lowest BCUT2D eigenvalue weighted by molar-refractivity contribution is -0.141. The van der Waals surface area contributed by atoms with E-state index in [1.165, 1.54) is 6.07 Å². The van der Waals surface area contributed by atoms with Crippen molar-refractivity contribution in [1.82, 2.24) is 9.78 Å². The van der Waals surface area contributed by atoms with E-state index in [4.69, 9.17) is 0 Å². The molecule has 0 aliphatic rings. The van der Waals surface area contributed by atoms with Gasteiger partial charge < -0.3 is 0 Å². The first-order valence-corrected chi connectivity index (χ1v) is 9.71. The van der Waals surface area contributed by atoms with Crippen LogP contribution in [0.5, 0.6) is 0 Å².